The summed E-state index contributed by atoms with van der Waals surface area (Å²) in [7, 11) is 1.54. The number of anilines is 1. The van der Waals surface area contributed by atoms with Crippen LogP contribution in [0, 0.1) is 13.8 Å². The third kappa shape index (κ3) is 1.91. The van der Waals surface area contributed by atoms with Gasteiger partial charge in [-0.1, -0.05) is 5.16 Å². The first-order valence-corrected chi connectivity index (χ1v) is 6.49. The molecule has 110 valence electrons. The van der Waals surface area contributed by atoms with Crippen LogP contribution < -0.4 is 10.5 Å². The van der Waals surface area contributed by atoms with Crippen LogP contribution in [0.3, 0.4) is 0 Å². The molecule has 2 N–H and O–H groups in total. The number of aryl methyl sites for hydroxylation is 2. The highest BCUT2D eigenvalue weighted by Crippen LogP contribution is 2.31. The fourth-order valence-corrected chi connectivity index (χ4v) is 2.65. The van der Waals surface area contributed by atoms with E-state index in [2.05, 4.69) is 20.1 Å². The monoisotopic (exact) mass is 288 g/mol. The first-order chi connectivity index (χ1) is 10.0. The summed E-state index contributed by atoms with van der Waals surface area (Å²) in [5, 5.41) is 3.98. The molecule has 0 radical (unpaired) electrons. The summed E-state index contributed by atoms with van der Waals surface area (Å²) < 4.78 is 12.3. The average Bonchev–Trinajstić information content (AvgIpc) is 2.97. The lowest BCUT2D eigenvalue weighted by Gasteiger charge is -2.15. The fourth-order valence-electron chi connectivity index (χ4n) is 2.65. The molecule has 8 nitrogen and oxygen atoms in total. The molecule has 0 saturated carbocycles. The van der Waals surface area contributed by atoms with E-state index in [4.69, 9.17) is 15.0 Å². The lowest BCUT2D eigenvalue weighted by Crippen LogP contribution is -2.12. The number of rotatable bonds is 3. The predicted octanol–water partition coefficient (Wildman–Crippen LogP) is 1.63. The molecular formula is C13H16N6O2. The second kappa shape index (κ2) is 4.72. The van der Waals surface area contributed by atoms with E-state index in [9.17, 15) is 0 Å². The van der Waals surface area contributed by atoms with E-state index in [1.165, 1.54) is 13.4 Å². The van der Waals surface area contributed by atoms with Crippen LogP contribution in [0.5, 0.6) is 5.88 Å². The molecule has 8 heteroatoms. The van der Waals surface area contributed by atoms with Crippen molar-refractivity contribution in [1.29, 1.82) is 0 Å². The average molecular weight is 288 g/mol. The van der Waals surface area contributed by atoms with Gasteiger partial charge in [-0.15, -0.1) is 0 Å². The van der Waals surface area contributed by atoms with Crippen LogP contribution >= 0.6 is 0 Å². The van der Waals surface area contributed by atoms with E-state index < -0.39 is 0 Å². The Morgan fingerprint density at radius 1 is 1.33 bits per heavy atom. The van der Waals surface area contributed by atoms with Crippen molar-refractivity contribution in [2.45, 2.75) is 26.8 Å². The number of hydrogen-bond donors (Lipinski definition) is 1. The van der Waals surface area contributed by atoms with Gasteiger partial charge in [-0.25, -0.2) is 9.97 Å². The third-order valence-corrected chi connectivity index (χ3v) is 3.56. The maximum absolute atomic E-state index is 6.06. The molecule has 3 rings (SSSR count). The Kier molecular flexibility index (Phi) is 3.00. The number of nitrogens with zero attached hydrogens (tertiary/aromatic N) is 5. The maximum atomic E-state index is 6.06. The Balaban J connectivity index is 2.23. The lowest BCUT2D eigenvalue weighted by atomic mass is 10.1. The molecule has 0 saturated heterocycles. The smallest absolute Gasteiger partial charge is 0.245 e. The van der Waals surface area contributed by atoms with Gasteiger partial charge in [0.25, 0.3) is 0 Å². The molecule has 0 bridgehead atoms. The Labute approximate surface area is 120 Å². The minimum Gasteiger partial charge on any atom is -0.479 e. The molecule has 0 aliphatic heterocycles. The standard InChI is InChI=1S/C13H16N6O2/c1-6-9(8(3)21-18-6)7(2)19-11-10(17-13(19)14)12(20-4)16-5-15-11/h5,7H,1-4H3,(H2,14,17). The van der Waals surface area contributed by atoms with Gasteiger partial charge in [-0.2, -0.15) is 4.98 Å². The van der Waals surface area contributed by atoms with Gasteiger partial charge in [0.1, 0.15) is 12.1 Å². The highest BCUT2D eigenvalue weighted by Gasteiger charge is 2.24. The van der Waals surface area contributed by atoms with E-state index in [1.807, 2.05) is 25.3 Å². The van der Waals surface area contributed by atoms with Crippen molar-refractivity contribution in [2.24, 2.45) is 0 Å². The second-order valence-electron chi connectivity index (χ2n) is 4.81. The molecule has 0 amide bonds. The number of fused-ring (bicyclic) bond motifs is 1. The van der Waals surface area contributed by atoms with Crippen LogP contribution in [0.4, 0.5) is 5.95 Å². The molecule has 3 aromatic heterocycles. The molecule has 3 heterocycles. The van der Waals surface area contributed by atoms with Crippen LogP contribution in [0.15, 0.2) is 10.9 Å². The van der Waals surface area contributed by atoms with E-state index in [1.54, 1.807) is 0 Å². The SMILES string of the molecule is COc1ncnc2c1nc(N)n2C(C)c1c(C)noc1C. The van der Waals surface area contributed by atoms with Gasteiger partial charge >= 0.3 is 0 Å². The Morgan fingerprint density at radius 2 is 2.10 bits per heavy atom. The first-order valence-electron chi connectivity index (χ1n) is 6.49. The number of aromatic nitrogens is 5. The molecule has 0 aliphatic carbocycles. The highest BCUT2D eigenvalue weighted by atomic mass is 16.5. The lowest BCUT2D eigenvalue weighted by molar-refractivity contribution is 0.391. The van der Waals surface area contributed by atoms with Crippen molar-refractivity contribution >= 4 is 17.1 Å². The molecule has 21 heavy (non-hydrogen) atoms. The van der Waals surface area contributed by atoms with Crippen LogP contribution in [-0.2, 0) is 0 Å². The molecule has 0 aliphatic rings. The van der Waals surface area contributed by atoms with Crippen LogP contribution in [0.25, 0.3) is 11.2 Å². The van der Waals surface area contributed by atoms with Crippen molar-refractivity contribution in [1.82, 2.24) is 24.7 Å². The minimum atomic E-state index is -0.110. The molecule has 1 unspecified atom stereocenters. The number of hydrogen-bond acceptors (Lipinski definition) is 7. The summed E-state index contributed by atoms with van der Waals surface area (Å²) in [5.41, 5.74) is 9.01. The molecule has 0 spiro atoms. The number of nitrogens with two attached hydrogens (primary N) is 1. The number of methoxy groups -OCH3 is 1. The summed E-state index contributed by atoms with van der Waals surface area (Å²) >= 11 is 0. The fraction of sp³-hybridized carbons (Fsp3) is 0.385. The van der Waals surface area contributed by atoms with Gasteiger partial charge in [0, 0.05) is 5.56 Å². The van der Waals surface area contributed by atoms with Gasteiger partial charge in [0.15, 0.2) is 11.2 Å². The summed E-state index contributed by atoms with van der Waals surface area (Å²) in [6.45, 7) is 5.77. The maximum Gasteiger partial charge on any atom is 0.245 e. The highest BCUT2D eigenvalue weighted by molar-refractivity contribution is 5.79. The van der Waals surface area contributed by atoms with Crippen LogP contribution in [0.1, 0.15) is 30.0 Å². The first kappa shape index (κ1) is 13.3. The van der Waals surface area contributed by atoms with E-state index in [-0.39, 0.29) is 6.04 Å². The summed E-state index contributed by atoms with van der Waals surface area (Å²) in [5.74, 6) is 1.50. The Bertz CT molecular complexity index is 787. The van der Waals surface area contributed by atoms with Gasteiger partial charge in [-0.3, -0.25) is 4.57 Å². The van der Waals surface area contributed by atoms with Gasteiger partial charge < -0.3 is 15.0 Å². The van der Waals surface area contributed by atoms with Crippen molar-refractivity contribution < 1.29 is 9.26 Å². The third-order valence-electron chi connectivity index (χ3n) is 3.56. The quantitative estimate of drug-likeness (QED) is 0.780. The normalized spacial score (nSPS) is 12.8. The predicted molar refractivity (Wildman–Crippen MR) is 76.1 cm³/mol. The Hall–Kier alpha value is -2.64. The van der Waals surface area contributed by atoms with Crippen LogP contribution in [-0.4, -0.2) is 31.8 Å². The van der Waals surface area contributed by atoms with Crippen molar-refractivity contribution in [3.63, 3.8) is 0 Å². The van der Waals surface area contributed by atoms with E-state index in [0.717, 1.165) is 17.0 Å². The molecule has 0 fully saturated rings. The van der Waals surface area contributed by atoms with Crippen molar-refractivity contribution in [3.8, 4) is 5.88 Å². The number of nitrogen functional groups attached to an aromatic ring is 1. The molecule has 0 aromatic carbocycles. The largest absolute Gasteiger partial charge is 0.479 e. The van der Waals surface area contributed by atoms with E-state index >= 15 is 0 Å². The summed E-state index contributed by atoms with van der Waals surface area (Å²) in [6.07, 6.45) is 1.43. The Morgan fingerprint density at radius 3 is 2.71 bits per heavy atom. The van der Waals surface area contributed by atoms with Crippen molar-refractivity contribution in [3.05, 3.63) is 23.3 Å². The zero-order valence-electron chi connectivity index (χ0n) is 12.3. The minimum absolute atomic E-state index is 0.110. The second-order valence-corrected chi connectivity index (χ2v) is 4.81. The summed E-state index contributed by atoms with van der Waals surface area (Å²) in [4.78, 5) is 12.6. The van der Waals surface area contributed by atoms with Gasteiger partial charge in [0.2, 0.25) is 11.8 Å². The van der Waals surface area contributed by atoms with Gasteiger partial charge in [0.05, 0.1) is 18.8 Å². The van der Waals surface area contributed by atoms with Crippen molar-refractivity contribution in [2.75, 3.05) is 12.8 Å². The molecule has 1 atom stereocenters. The summed E-state index contributed by atoms with van der Waals surface area (Å²) in [6, 6.07) is -0.110. The zero-order chi connectivity index (χ0) is 15.1. The zero-order valence-corrected chi connectivity index (χ0v) is 12.3. The number of imidazole rings is 1. The molecule has 3 aromatic rings. The number of ether oxygens (including phenoxy) is 1. The van der Waals surface area contributed by atoms with Crippen LogP contribution in [0.2, 0.25) is 0 Å². The molecular weight excluding hydrogens is 272 g/mol. The van der Waals surface area contributed by atoms with E-state index in [0.29, 0.717) is 23.0 Å². The topological polar surface area (TPSA) is 105 Å². The van der Waals surface area contributed by atoms with Gasteiger partial charge in [-0.05, 0) is 20.8 Å².